The van der Waals surface area contributed by atoms with Gasteiger partial charge < -0.3 is 14.6 Å². The quantitative estimate of drug-likeness (QED) is 0.652. The fourth-order valence-electron chi connectivity index (χ4n) is 4.21. The fraction of sp³-hybridized carbons (Fsp3) is 0.500. The third-order valence-corrected chi connectivity index (χ3v) is 5.66. The van der Waals surface area contributed by atoms with Crippen LogP contribution in [-0.2, 0) is 11.3 Å². The number of aromatic nitrogens is 5. The van der Waals surface area contributed by atoms with Gasteiger partial charge in [-0.15, -0.1) is 5.10 Å². The van der Waals surface area contributed by atoms with Crippen molar-refractivity contribution >= 4 is 10.9 Å². The van der Waals surface area contributed by atoms with Gasteiger partial charge in [-0.1, -0.05) is 18.2 Å². The molecule has 3 heterocycles. The Morgan fingerprint density at radius 2 is 2.11 bits per heavy atom. The van der Waals surface area contributed by atoms with Gasteiger partial charge in [-0.25, -0.2) is 4.68 Å². The number of piperidine rings is 1. The number of hydrogen-bond donors (Lipinski definition) is 2. The molecule has 1 fully saturated rings. The fourth-order valence-corrected chi connectivity index (χ4v) is 4.21. The van der Waals surface area contributed by atoms with Crippen LogP contribution < -0.4 is 10.5 Å². The predicted molar refractivity (Wildman–Crippen MR) is 105 cm³/mol. The first-order valence-corrected chi connectivity index (χ1v) is 9.91. The molecule has 1 aliphatic heterocycles. The SMILES string of the molecule is COCCn1nnnc1[C@@H](c1cc2cccc(C)c2[nH]c1=O)[NH+]1CCCCC1. The van der Waals surface area contributed by atoms with Crippen molar-refractivity contribution in [1.82, 2.24) is 25.2 Å². The molecule has 2 N–H and O–H groups in total. The van der Waals surface area contributed by atoms with Gasteiger partial charge in [0.25, 0.3) is 5.56 Å². The standard InChI is InChI=1S/C20H26N6O2/c1-14-7-6-8-15-13-16(20(27)21-17(14)15)18(25-9-4-3-5-10-25)19-22-23-24-26(19)11-12-28-2/h6-8,13,18H,3-5,9-12H2,1-2H3,(H,21,27)/p+1/t18-/m1/s1. The zero-order chi connectivity index (χ0) is 19.5. The smallest absolute Gasteiger partial charge is 0.258 e. The van der Waals surface area contributed by atoms with E-state index in [-0.39, 0.29) is 11.6 Å². The molecule has 8 nitrogen and oxygen atoms in total. The number of nitrogens with zero attached hydrogens (tertiary/aromatic N) is 4. The van der Waals surface area contributed by atoms with Crippen LogP contribution >= 0.6 is 0 Å². The zero-order valence-corrected chi connectivity index (χ0v) is 16.4. The van der Waals surface area contributed by atoms with Gasteiger partial charge in [-0.2, -0.15) is 0 Å². The number of H-pyrrole nitrogens is 1. The van der Waals surface area contributed by atoms with E-state index in [0.29, 0.717) is 13.2 Å². The van der Waals surface area contributed by atoms with Crippen LogP contribution in [0.4, 0.5) is 0 Å². The predicted octanol–water partition coefficient (Wildman–Crippen LogP) is 0.628. The lowest BCUT2D eigenvalue weighted by Crippen LogP contribution is -3.13. The number of methoxy groups -OCH3 is 1. The molecule has 2 aromatic heterocycles. The van der Waals surface area contributed by atoms with E-state index in [2.05, 4.69) is 20.5 Å². The van der Waals surface area contributed by atoms with Crippen LogP contribution in [0, 0.1) is 6.92 Å². The Kier molecular flexibility index (Phi) is 5.50. The molecule has 0 spiro atoms. The molecule has 8 heteroatoms. The summed E-state index contributed by atoms with van der Waals surface area (Å²) in [6.07, 6.45) is 3.53. The average molecular weight is 383 g/mol. The van der Waals surface area contributed by atoms with E-state index in [1.165, 1.54) is 11.3 Å². The first-order chi connectivity index (χ1) is 13.7. The van der Waals surface area contributed by atoms with Gasteiger partial charge >= 0.3 is 0 Å². The normalized spacial score (nSPS) is 16.5. The lowest BCUT2D eigenvalue weighted by atomic mass is 10.00. The van der Waals surface area contributed by atoms with E-state index >= 15 is 0 Å². The maximum Gasteiger partial charge on any atom is 0.258 e. The number of fused-ring (bicyclic) bond motifs is 1. The summed E-state index contributed by atoms with van der Waals surface area (Å²) in [4.78, 5) is 17.6. The van der Waals surface area contributed by atoms with Crippen molar-refractivity contribution in [2.45, 2.75) is 38.8 Å². The van der Waals surface area contributed by atoms with E-state index < -0.39 is 0 Å². The van der Waals surface area contributed by atoms with Gasteiger partial charge in [-0.05, 0) is 53.6 Å². The number of benzene rings is 1. The molecule has 3 aromatic rings. The van der Waals surface area contributed by atoms with Gasteiger partial charge in [0.1, 0.15) is 0 Å². The molecule has 0 aliphatic carbocycles. The number of rotatable bonds is 6. The lowest BCUT2D eigenvalue weighted by molar-refractivity contribution is -0.931. The van der Waals surface area contributed by atoms with E-state index in [1.807, 2.05) is 31.2 Å². The number of quaternary nitrogens is 1. The molecular formula is C20H27N6O2+. The second-order valence-electron chi connectivity index (χ2n) is 7.50. The van der Waals surface area contributed by atoms with Crippen LogP contribution in [0.1, 0.15) is 42.3 Å². The lowest BCUT2D eigenvalue weighted by Gasteiger charge is -2.30. The van der Waals surface area contributed by atoms with Crippen LogP contribution in [0.15, 0.2) is 29.1 Å². The average Bonchev–Trinajstić information content (AvgIpc) is 3.17. The summed E-state index contributed by atoms with van der Waals surface area (Å²) in [6.45, 7) is 5.11. The first-order valence-electron chi connectivity index (χ1n) is 9.91. The highest BCUT2D eigenvalue weighted by Gasteiger charge is 2.34. The van der Waals surface area contributed by atoms with Gasteiger partial charge in [0.2, 0.25) is 5.82 Å². The molecule has 28 heavy (non-hydrogen) atoms. The van der Waals surface area contributed by atoms with Crippen molar-refractivity contribution in [3.8, 4) is 0 Å². The molecule has 148 valence electrons. The zero-order valence-electron chi connectivity index (χ0n) is 16.4. The number of pyridine rings is 1. The highest BCUT2D eigenvalue weighted by Crippen LogP contribution is 2.21. The molecule has 1 saturated heterocycles. The van der Waals surface area contributed by atoms with E-state index in [9.17, 15) is 4.79 Å². The van der Waals surface area contributed by atoms with Crippen molar-refractivity contribution in [3.05, 3.63) is 51.6 Å². The summed E-state index contributed by atoms with van der Waals surface area (Å²) >= 11 is 0. The third-order valence-electron chi connectivity index (χ3n) is 5.66. The molecule has 0 unspecified atom stereocenters. The Morgan fingerprint density at radius 3 is 2.89 bits per heavy atom. The van der Waals surface area contributed by atoms with Crippen LogP contribution in [0.3, 0.4) is 0 Å². The summed E-state index contributed by atoms with van der Waals surface area (Å²) < 4.78 is 6.98. The van der Waals surface area contributed by atoms with Crippen LogP contribution in [0.25, 0.3) is 10.9 Å². The highest BCUT2D eigenvalue weighted by atomic mass is 16.5. The van der Waals surface area contributed by atoms with Crippen molar-refractivity contribution in [2.24, 2.45) is 0 Å². The molecule has 1 aromatic carbocycles. The molecule has 0 amide bonds. The van der Waals surface area contributed by atoms with Crippen molar-refractivity contribution < 1.29 is 9.64 Å². The molecule has 0 saturated carbocycles. The van der Waals surface area contributed by atoms with Crippen molar-refractivity contribution in [2.75, 3.05) is 26.8 Å². The number of hydrogen-bond acceptors (Lipinski definition) is 5. The molecular weight excluding hydrogens is 356 g/mol. The number of para-hydroxylation sites is 1. The number of aryl methyl sites for hydroxylation is 1. The molecule has 1 atom stereocenters. The van der Waals surface area contributed by atoms with Crippen molar-refractivity contribution in [3.63, 3.8) is 0 Å². The maximum absolute atomic E-state index is 13.1. The van der Waals surface area contributed by atoms with Gasteiger partial charge in [0.15, 0.2) is 6.04 Å². The summed E-state index contributed by atoms with van der Waals surface area (Å²) in [5, 5.41) is 13.4. The van der Waals surface area contributed by atoms with Gasteiger partial charge in [0.05, 0.1) is 37.3 Å². The summed E-state index contributed by atoms with van der Waals surface area (Å²) in [6, 6.07) is 7.89. The Morgan fingerprint density at radius 1 is 1.29 bits per heavy atom. The van der Waals surface area contributed by atoms with E-state index in [1.54, 1.807) is 11.8 Å². The van der Waals surface area contributed by atoms with E-state index in [0.717, 1.165) is 53.8 Å². The number of ether oxygens (including phenoxy) is 1. The number of tetrazole rings is 1. The Bertz CT molecular complexity index is 1010. The summed E-state index contributed by atoms with van der Waals surface area (Å²) in [5.74, 6) is 0.728. The van der Waals surface area contributed by atoms with Crippen LogP contribution in [-0.4, -0.2) is 52.0 Å². The number of likely N-dealkylation sites (tertiary alicyclic amines) is 1. The third kappa shape index (κ3) is 3.57. The van der Waals surface area contributed by atoms with Crippen LogP contribution in [0.2, 0.25) is 0 Å². The Hall–Kier alpha value is -2.58. The minimum absolute atomic E-state index is 0.0637. The largest absolute Gasteiger partial charge is 0.383 e. The number of aromatic amines is 1. The Balaban J connectivity index is 1.84. The molecule has 1 aliphatic rings. The summed E-state index contributed by atoms with van der Waals surface area (Å²) in [7, 11) is 1.66. The Labute approximate surface area is 163 Å². The molecule has 0 bridgehead atoms. The first kappa shape index (κ1) is 18.8. The van der Waals surface area contributed by atoms with Gasteiger partial charge in [0, 0.05) is 7.11 Å². The molecule has 0 radical (unpaired) electrons. The minimum atomic E-state index is -0.194. The van der Waals surface area contributed by atoms with E-state index in [4.69, 9.17) is 4.74 Å². The van der Waals surface area contributed by atoms with Crippen LogP contribution in [0.5, 0.6) is 0 Å². The highest BCUT2D eigenvalue weighted by molar-refractivity contribution is 5.82. The molecule has 4 rings (SSSR count). The second kappa shape index (κ2) is 8.20. The monoisotopic (exact) mass is 383 g/mol. The maximum atomic E-state index is 13.1. The second-order valence-corrected chi connectivity index (χ2v) is 7.50. The number of nitrogens with one attached hydrogen (secondary N) is 2. The van der Waals surface area contributed by atoms with Gasteiger partial charge in [-0.3, -0.25) is 4.79 Å². The minimum Gasteiger partial charge on any atom is -0.383 e. The summed E-state index contributed by atoms with van der Waals surface area (Å²) in [5.41, 5.74) is 2.62. The van der Waals surface area contributed by atoms with Crippen molar-refractivity contribution in [1.29, 1.82) is 0 Å². The topological polar surface area (TPSA) is 90.1 Å².